The number of benzene rings is 1. The summed E-state index contributed by atoms with van der Waals surface area (Å²) in [5.74, 6) is 1.11. The number of rotatable bonds is 5. The van der Waals surface area contributed by atoms with Gasteiger partial charge in [-0.05, 0) is 32.6 Å². The molecule has 0 saturated heterocycles. The van der Waals surface area contributed by atoms with Gasteiger partial charge in [0.1, 0.15) is 0 Å². The van der Waals surface area contributed by atoms with Gasteiger partial charge in [0.25, 0.3) is 0 Å². The van der Waals surface area contributed by atoms with E-state index in [1.807, 2.05) is 11.6 Å². The Kier molecular flexibility index (Phi) is 5.12. The quantitative estimate of drug-likeness (QED) is 0.585. The molecular formula is C11H17BNS. The molecule has 3 heteroatoms. The first-order valence-electron chi connectivity index (χ1n) is 4.96. The zero-order valence-electron chi connectivity index (χ0n) is 8.92. The Labute approximate surface area is 91.6 Å². The molecule has 0 amide bonds. The van der Waals surface area contributed by atoms with Gasteiger partial charge in [0, 0.05) is 0 Å². The molecule has 0 bridgehead atoms. The number of hydrogen-bond acceptors (Lipinski definition) is 2. The van der Waals surface area contributed by atoms with Gasteiger partial charge in [-0.1, -0.05) is 34.8 Å². The second-order valence-electron chi connectivity index (χ2n) is 3.49. The minimum absolute atomic E-state index is 0.785. The molecule has 14 heavy (non-hydrogen) atoms. The second-order valence-corrected chi connectivity index (χ2v) is 4.47. The van der Waals surface area contributed by atoms with Crippen LogP contribution in [0.5, 0.6) is 0 Å². The lowest BCUT2D eigenvalue weighted by molar-refractivity contribution is 0.945. The summed E-state index contributed by atoms with van der Waals surface area (Å²) in [7, 11) is 0. The highest BCUT2D eigenvalue weighted by Gasteiger charge is 2.00. The van der Waals surface area contributed by atoms with Crippen molar-refractivity contribution in [3.8, 4) is 0 Å². The van der Waals surface area contributed by atoms with E-state index in [1.54, 1.807) is 0 Å². The topological polar surface area (TPSA) is 26.0 Å². The molecule has 0 aliphatic heterocycles. The van der Waals surface area contributed by atoms with E-state index >= 15 is 0 Å². The molecule has 0 aromatic heterocycles. The van der Waals surface area contributed by atoms with Gasteiger partial charge in [-0.2, -0.15) is 0 Å². The predicted octanol–water partition coefficient (Wildman–Crippen LogP) is 1.63. The Bertz CT molecular complexity index is 289. The van der Waals surface area contributed by atoms with Crippen molar-refractivity contribution in [1.29, 1.82) is 0 Å². The average molecular weight is 206 g/mol. The third-order valence-corrected chi connectivity index (χ3v) is 3.06. The van der Waals surface area contributed by atoms with Gasteiger partial charge in [0.05, 0.1) is 0 Å². The van der Waals surface area contributed by atoms with E-state index in [1.165, 1.54) is 16.6 Å². The van der Waals surface area contributed by atoms with Crippen LogP contribution in [0.2, 0.25) is 0 Å². The maximum absolute atomic E-state index is 5.43. The van der Waals surface area contributed by atoms with Crippen molar-refractivity contribution < 1.29 is 0 Å². The maximum atomic E-state index is 5.43. The van der Waals surface area contributed by atoms with Gasteiger partial charge >= 0.3 is 0 Å². The smallest absolute Gasteiger partial charge is 0.230 e. The van der Waals surface area contributed by atoms with Crippen LogP contribution in [0.4, 0.5) is 0 Å². The van der Waals surface area contributed by atoms with Crippen LogP contribution in [-0.2, 0) is 0 Å². The van der Waals surface area contributed by atoms with Crippen LogP contribution in [0.25, 0.3) is 0 Å². The lowest BCUT2D eigenvalue weighted by atomic mass is 9.88. The van der Waals surface area contributed by atoms with E-state index in [-0.39, 0.29) is 0 Å². The molecule has 0 unspecified atom stereocenters. The van der Waals surface area contributed by atoms with Crippen LogP contribution in [-0.4, -0.2) is 18.9 Å². The zero-order chi connectivity index (χ0) is 10.4. The van der Waals surface area contributed by atoms with Gasteiger partial charge in [0.2, 0.25) is 6.56 Å². The van der Waals surface area contributed by atoms with E-state index in [2.05, 4.69) is 38.6 Å². The van der Waals surface area contributed by atoms with Gasteiger partial charge in [-0.25, -0.2) is 11.6 Å². The first-order valence-corrected chi connectivity index (χ1v) is 6.01. The lowest BCUT2D eigenvalue weighted by Crippen LogP contribution is -2.16. The molecule has 0 spiro atoms. The summed E-state index contributed by atoms with van der Waals surface area (Å²) in [4.78, 5) is 0. The van der Waals surface area contributed by atoms with E-state index < -0.39 is 0 Å². The Morgan fingerprint density at radius 2 is 2.14 bits per heavy atom. The molecule has 75 valence electrons. The third kappa shape index (κ3) is 3.76. The molecule has 1 aromatic rings. The largest absolute Gasteiger partial charge is 0.330 e. The summed E-state index contributed by atoms with van der Waals surface area (Å²) in [5, 5.41) is 0. The molecule has 1 rings (SSSR count). The Morgan fingerprint density at radius 3 is 2.86 bits per heavy atom. The van der Waals surface area contributed by atoms with Gasteiger partial charge in [0.15, 0.2) is 0 Å². The minimum Gasteiger partial charge on any atom is -0.330 e. The van der Waals surface area contributed by atoms with Crippen LogP contribution < -0.4 is 11.2 Å². The lowest BCUT2D eigenvalue weighted by Gasteiger charge is -2.05. The molecule has 0 aliphatic rings. The van der Waals surface area contributed by atoms with Crippen molar-refractivity contribution in [2.24, 2.45) is 5.73 Å². The van der Waals surface area contributed by atoms with Crippen molar-refractivity contribution in [2.45, 2.75) is 20.3 Å². The first-order chi connectivity index (χ1) is 6.74. The fourth-order valence-electron chi connectivity index (χ4n) is 1.20. The standard InChI is InChI=1S/C11H17BNS/c1-9-4-5-10(2)11(8-9)12-14-7-3-6-13/h4-5,8H,3,6-7,13H2,1-2H3. The normalized spacial score (nSPS) is 10.2. The Balaban J connectivity index is 2.45. The van der Waals surface area contributed by atoms with Crippen LogP contribution in [0.3, 0.4) is 0 Å². The third-order valence-electron chi connectivity index (χ3n) is 2.11. The Hall–Kier alpha value is -0.405. The van der Waals surface area contributed by atoms with Crippen LogP contribution >= 0.6 is 11.6 Å². The molecule has 2 N–H and O–H groups in total. The predicted molar refractivity (Wildman–Crippen MR) is 67.4 cm³/mol. The fraction of sp³-hybridized carbons (Fsp3) is 0.455. The van der Waals surface area contributed by atoms with Crippen LogP contribution in [0.15, 0.2) is 18.2 Å². The molecule has 0 saturated carbocycles. The van der Waals surface area contributed by atoms with Gasteiger partial charge < -0.3 is 5.73 Å². The molecule has 0 aliphatic carbocycles. The summed E-state index contributed by atoms with van der Waals surface area (Å²) < 4.78 is 0. The van der Waals surface area contributed by atoms with Crippen molar-refractivity contribution in [3.63, 3.8) is 0 Å². The molecular weight excluding hydrogens is 189 g/mol. The van der Waals surface area contributed by atoms with Crippen molar-refractivity contribution in [1.82, 2.24) is 0 Å². The minimum atomic E-state index is 0.785. The summed E-state index contributed by atoms with van der Waals surface area (Å²) in [6.07, 6.45) is 1.09. The summed E-state index contributed by atoms with van der Waals surface area (Å²) >= 11 is 1.85. The summed E-state index contributed by atoms with van der Waals surface area (Å²) in [5.41, 5.74) is 9.44. The average Bonchev–Trinajstić information content (AvgIpc) is 2.18. The van der Waals surface area contributed by atoms with E-state index in [0.717, 1.165) is 18.7 Å². The fourth-order valence-corrected chi connectivity index (χ4v) is 2.09. The van der Waals surface area contributed by atoms with Crippen molar-refractivity contribution in [3.05, 3.63) is 29.3 Å². The molecule has 1 aromatic carbocycles. The molecule has 1 nitrogen and oxygen atoms in total. The summed E-state index contributed by atoms with van der Waals surface area (Å²) in [6.45, 7) is 7.29. The zero-order valence-corrected chi connectivity index (χ0v) is 9.73. The van der Waals surface area contributed by atoms with Crippen molar-refractivity contribution in [2.75, 3.05) is 12.3 Å². The van der Waals surface area contributed by atoms with Crippen molar-refractivity contribution >= 4 is 23.6 Å². The number of nitrogens with two attached hydrogens (primary N) is 1. The van der Waals surface area contributed by atoms with E-state index in [0.29, 0.717) is 0 Å². The van der Waals surface area contributed by atoms with E-state index in [9.17, 15) is 0 Å². The van der Waals surface area contributed by atoms with Gasteiger partial charge in [-0.3, -0.25) is 0 Å². The number of aryl methyl sites for hydroxylation is 2. The highest BCUT2D eigenvalue weighted by Crippen LogP contribution is 2.04. The summed E-state index contributed by atoms with van der Waals surface area (Å²) in [6, 6.07) is 6.55. The molecule has 0 fully saturated rings. The van der Waals surface area contributed by atoms with Crippen LogP contribution in [0.1, 0.15) is 17.5 Å². The monoisotopic (exact) mass is 206 g/mol. The molecule has 0 heterocycles. The highest BCUT2D eigenvalue weighted by atomic mass is 32.2. The van der Waals surface area contributed by atoms with E-state index in [4.69, 9.17) is 5.73 Å². The SMILES string of the molecule is Cc1ccc(C)c([B]SCCCN)c1. The molecule has 0 atom stereocenters. The van der Waals surface area contributed by atoms with Gasteiger partial charge in [-0.15, -0.1) is 0 Å². The molecule has 1 radical (unpaired) electrons. The number of hydrogen-bond donors (Lipinski definition) is 1. The highest BCUT2D eigenvalue weighted by molar-refractivity contribution is 8.23. The van der Waals surface area contributed by atoms with Crippen LogP contribution in [0, 0.1) is 13.8 Å². The second kappa shape index (κ2) is 6.15. The maximum Gasteiger partial charge on any atom is 0.230 e. The first kappa shape index (κ1) is 11.7. The Morgan fingerprint density at radius 1 is 1.36 bits per heavy atom.